The average molecular weight is 275 g/mol. The minimum absolute atomic E-state index is 0.0694. The lowest BCUT2D eigenvalue weighted by Crippen LogP contribution is -2.50. The number of nitrogens with zero attached hydrogens (tertiary/aromatic N) is 1. The van der Waals surface area contributed by atoms with E-state index >= 15 is 0 Å². The Hall–Kier alpha value is -1.38. The van der Waals surface area contributed by atoms with Gasteiger partial charge >= 0.3 is 12.0 Å². The topological polar surface area (TPSA) is 111 Å². The molecule has 110 valence electrons. The number of carbonyl (C=O) groups is 2. The van der Waals surface area contributed by atoms with Gasteiger partial charge in [-0.3, -0.25) is 4.90 Å². The molecule has 2 atom stereocenters. The number of aliphatic hydroxyl groups is 1. The fraction of sp³-hybridized carbons (Fsp3) is 0.818. The third-order valence-electron chi connectivity index (χ3n) is 2.75. The Bertz CT molecular complexity index is 307. The van der Waals surface area contributed by atoms with Crippen LogP contribution in [0.25, 0.3) is 0 Å². The number of nitrogens with one attached hydrogen (secondary N) is 2. The molecule has 4 N–H and O–H groups in total. The van der Waals surface area contributed by atoms with Crippen LogP contribution in [-0.4, -0.2) is 78.7 Å². The van der Waals surface area contributed by atoms with Gasteiger partial charge in [0.05, 0.1) is 19.8 Å². The van der Waals surface area contributed by atoms with Gasteiger partial charge in [0, 0.05) is 25.7 Å². The summed E-state index contributed by atoms with van der Waals surface area (Å²) in [6.07, 6.45) is -1.58. The first-order chi connectivity index (χ1) is 8.99. The smallest absolute Gasteiger partial charge is 0.334 e. The van der Waals surface area contributed by atoms with Crippen LogP contribution in [-0.2, 0) is 9.53 Å². The molecule has 1 heterocycles. The number of amides is 2. The number of carbonyl (C=O) groups excluding carboxylic acids is 1. The maximum Gasteiger partial charge on any atom is 0.334 e. The molecule has 0 aliphatic carbocycles. The van der Waals surface area contributed by atoms with E-state index in [1.165, 1.54) is 0 Å². The molecule has 1 saturated heterocycles. The molecule has 0 saturated carbocycles. The molecule has 0 spiro atoms. The first-order valence-electron chi connectivity index (χ1n) is 6.24. The van der Waals surface area contributed by atoms with Gasteiger partial charge in [0.15, 0.2) is 6.10 Å². The fourth-order valence-electron chi connectivity index (χ4n) is 1.77. The van der Waals surface area contributed by atoms with Gasteiger partial charge in [-0.15, -0.1) is 0 Å². The van der Waals surface area contributed by atoms with Crippen LogP contribution in [0.3, 0.4) is 0 Å². The maximum atomic E-state index is 11.5. The number of ether oxygens (including phenoxy) is 1. The van der Waals surface area contributed by atoms with Crippen molar-refractivity contribution in [3.05, 3.63) is 0 Å². The number of carboxylic acids is 1. The standard InChI is InChI=1S/C11H21N3O5/c1-8(7-14-2-4-19-5-3-14)13-11(18)12-6-9(15)10(16)17/h8-9,15H,2-7H2,1H3,(H,16,17)(H2,12,13,18)/t8?,9-/m0/s1. The lowest BCUT2D eigenvalue weighted by atomic mass is 10.3. The Kier molecular flexibility index (Phi) is 6.54. The average Bonchev–Trinajstić information content (AvgIpc) is 2.36. The Balaban J connectivity index is 2.18. The van der Waals surface area contributed by atoms with Crippen LogP contribution in [0.4, 0.5) is 4.79 Å². The third-order valence-corrected chi connectivity index (χ3v) is 2.75. The van der Waals surface area contributed by atoms with Gasteiger partial charge in [-0.25, -0.2) is 9.59 Å². The Morgan fingerprint density at radius 2 is 2.00 bits per heavy atom. The Morgan fingerprint density at radius 1 is 1.37 bits per heavy atom. The summed E-state index contributed by atoms with van der Waals surface area (Å²) in [7, 11) is 0. The predicted molar refractivity (Wildman–Crippen MR) is 66.9 cm³/mol. The zero-order chi connectivity index (χ0) is 14.3. The highest BCUT2D eigenvalue weighted by atomic mass is 16.5. The second-order valence-corrected chi connectivity index (χ2v) is 4.52. The number of hydrogen-bond acceptors (Lipinski definition) is 5. The van der Waals surface area contributed by atoms with Crippen LogP contribution in [0, 0.1) is 0 Å². The number of urea groups is 1. The quantitative estimate of drug-likeness (QED) is 0.467. The number of carboxylic acid groups (broad SMARTS) is 1. The molecule has 0 aromatic rings. The van der Waals surface area contributed by atoms with Crippen molar-refractivity contribution in [1.29, 1.82) is 0 Å². The van der Waals surface area contributed by atoms with Gasteiger partial charge < -0.3 is 25.6 Å². The highest BCUT2D eigenvalue weighted by molar-refractivity contribution is 5.76. The molecule has 1 aliphatic rings. The molecule has 1 unspecified atom stereocenters. The number of aliphatic hydroxyl groups excluding tert-OH is 1. The van der Waals surface area contributed by atoms with Crippen molar-refractivity contribution < 1.29 is 24.5 Å². The van der Waals surface area contributed by atoms with E-state index in [-0.39, 0.29) is 12.6 Å². The molecular weight excluding hydrogens is 254 g/mol. The first kappa shape index (κ1) is 15.7. The summed E-state index contributed by atoms with van der Waals surface area (Å²) in [6.45, 7) is 5.33. The predicted octanol–water partition coefficient (Wildman–Crippen LogP) is -1.55. The number of morpholine rings is 1. The summed E-state index contributed by atoms with van der Waals surface area (Å²) < 4.78 is 5.22. The highest BCUT2D eigenvalue weighted by Gasteiger charge is 2.17. The van der Waals surface area contributed by atoms with Gasteiger partial charge in [-0.2, -0.15) is 0 Å². The monoisotopic (exact) mass is 275 g/mol. The van der Waals surface area contributed by atoms with Crippen LogP contribution >= 0.6 is 0 Å². The third kappa shape index (κ3) is 6.37. The Labute approximate surface area is 111 Å². The van der Waals surface area contributed by atoms with Crippen LogP contribution < -0.4 is 10.6 Å². The number of hydrogen-bond donors (Lipinski definition) is 4. The second-order valence-electron chi connectivity index (χ2n) is 4.52. The van der Waals surface area contributed by atoms with Gasteiger partial charge in [-0.1, -0.05) is 0 Å². The maximum absolute atomic E-state index is 11.5. The largest absolute Gasteiger partial charge is 0.479 e. The molecule has 8 heteroatoms. The fourth-order valence-corrected chi connectivity index (χ4v) is 1.77. The molecule has 0 aromatic carbocycles. The van der Waals surface area contributed by atoms with Gasteiger partial charge in [0.2, 0.25) is 0 Å². The van der Waals surface area contributed by atoms with Crippen LogP contribution in [0.1, 0.15) is 6.92 Å². The van der Waals surface area contributed by atoms with Gasteiger partial charge in [-0.05, 0) is 6.92 Å². The summed E-state index contributed by atoms with van der Waals surface area (Å²) in [5, 5.41) is 22.5. The number of aliphatic carboxylic acids is 1. The summed E-state index contributed by atoms with van der Waals surface area (Å²) >= 11 is 0. The highest BCUT2D eigenvalue weighted by Crippen LogP contribution is 1.98. The van der Waals surface area contributed by atoms with Crippen LogP contribution in [0.2, 0.25) is 0 Å². The summed E-state index contributed by atoms with van der Waals surface area (Å²) in [5.74, 6) is -1.36. The summed E-state index contributed by atoms with van der Waals surface area (Å²) in [4.78, 5) is 24.0. The zero-order valence-electron chi connectivity index (χ0n) is 11.0. The van der Waals surface area contributed by atoms with Crippen molar-refractivity contribution in [2.75, 3.05) is 39.4 Å². The van der Waals surface area contributed by atoms with E-state index in [9.17, 15) is 9.59 Å². The zero-order valence-corrected chi connectivity index (χ0v) is 11.0. The minimum Gasteiger partial charge on any atom is -0.479 e. The lowest BCUT2D eigenvalue weighted by molar-refractivity contribution is -0.146. The van der Waals surface area contributed by atoms with Gasteiger partial charge in [0.1, 0.15) is 0 Å². The summed E-state index contributed by atoms with van der Waals surface area (Å²) in [5.41, 5.74) is 0. The first-order valence-corrected chi connectivity index (χ1v) is 6.24. The molecule has 2 amide bonds. The van der Waals surface area contributed by atoms with E-state index in [2.05, 4.69) is 15.5 Å². The van der Waals surface area contributed by atoms with Crippen molar-refractivity contribution >= 4 is 12.0 Å². The van der Waals surface area contributed by atoms with Crippen LogP contribution in [0.15, 0.2) is 0 Å². The molecule has 0 bridgehead atoms. The molecular formula is C11H21N3O5. The molecule has 0 aromatic heterocycles. The second kappa shape index (κ2) is 7.93. The van der Waals surface area contributed by atoms with E-state index in [0.717, 1.165) is 13.1 Å². The van der Waals surface area contributed by atoms with E-state index in [1.54, 1.807) is 0 Å². The molecule has 1 aliphatic heterocycles. The summed E-state index contributed by atoms with van der Waals surface area (Å²) in [6, 6.07) is -0.555. The van der Waals surface area contributed by atoms with Crippen molar-refractivity contribution in [3.63, 3.8) is 0 Å². The van der Waals surface area contributed by atoms with E-state index in [1.807, 2.05) is 6.92 Å². The van der Waals surface area contributed by atoms with Crippen LogP contribution in [0.5, 0.6) is 0 Å². The van der Waals surface area contributed by atoms with Crippen molar-refractivity contribution in [3.8, 4) is 0 Å². The Morgan fingerprint density at radius 3 is 2.58 bits per heavy atom. The molecule has 8 nitrogen and oxygen atoms in total. The molecule has 1 fully saturated rings. The molecule has 1 rings (SSSR count). The van der Waals surface area contributed by atoms with E-state index in [4.69, 9.17) is 14.9 Å². The molecule has 0 radical (unpaired) electrons. The normalized spacial score (nSPS) is 19.5. The van der Waals surface area contributed by atoms with E-state index < -0.39 is 18.1 Å². The SMILES string of the molecule is CC(CN1CCOCC1)NC(=O)NC[C@H](O)C(=O)O. The minimum atomic E-state index is -1.58. The van der Waals surface area contributed by atoms with Gasteiger partial charge in [0.25, 0.3) is 0 Å². The molecule has 19 heavy (non-hydrogen) atoms. The van der Waals surface area contributed by atoms with Crippen molar-refractivity contribution in [2.45, 2.75) is 19.1 Å². The van der Waals surface area contributed by atoms with Crippen molar-refractivity contribution in [2.24, 2.45) is 0 Å². The van der Waals surface area contributed by atoms with E-state index in [0.29, 0.717) is 19.8 Å². The lowest BCUT2D eigenvalue weighted by Gasteiger charge is -2.29. The number of rotatable bonds is 6. The van der Waals surface area contributed by atoms with Crippen molar-refractivity contribution in [1.82, 2.24) is 15.5 Å².